The van der Waals surface area contributed by atoms with E-state index in [1.165, 1.54) is 30.7 Å². The molecule has 0 bridgehead atoms. The molecule has 2 unspecified atom stereocenters. The molecule has 2 atom stereocenters. The van der Waals surface area contributed by atoms with Crippen LogP contribution in [-0.2, 0) is 32.0 Å². The van der Waals surface area contributed by atoms with E-state index in [1.54, 1.807) is 13.2 Å². The van der Waals surface area contributed by atoms with E-state index in [1.807, 2.05) is 37.3 Å². The maximum Gasteiger partial charge on any atom is 0.260 e. The minimum atomic E-state index is -0.533. The van der Waals surface area contributed by atoms with Crippen LogP contribution in [0.2, 0.25) is 5.02 Å². The van der Waals surface area contributed by atoms with Crippen molar-refractivity contribution in [3.05, 3.63) is 75.8 Å². The molecule has 0 saturated carbocycles. The molecule has 1 aliphatic heterocycles. The molecule has 5 rings (SSSR count). The molecule has 1 aromatic heterocycles. The van der Waals surface area contributed by atoms with Crippen LogP contribution in [-0.4, -0.2) is 62.2 Å². The summed E-state index contributed by atoms with van der Waals surface area (Å²) >= 11 is 6.96. The number of nitrogens with one attached hydrogen (secondary N) is 3. The zero-order chi connectivity index (χ0) is 36.4. The highest BCUT2D eigenvalue weighted by molar-refractivity contribution is 6.36. The number of methoxy groups -OCH3 is 1. The number of pyridine rings is 1. The number of likely N-dealkylation sites (N-methyl/N-ethyl adjacent to an activating group) is 1. The molecular weight excluding hydrogens is 654 g/mol. The molecule has 3 aromatic rings. The molecule has 2 aliphatic rings. The predicted octanol–water partition coefficient (Wildman–Crippen LogP) is 6.16. The molecule has 0 radical (unpaired) electrons. The summed E-state index contributed by atoms with van der Waals surface area (Å²) in [5.74, 6) is 0.289. The number of nitrogens with two attached hydrogens (primary N) is 1. The van der Waals surface area contributed by atoms with Gasteiger partial charge in [-0.2, -0.15) is 0 Å². The Hall–Kier alpha value is -4.25. The van der Waals surface area contributed by atoms with E-state index in [4.69, 9.17) is 31.8 Å². The van der Waals surface area contributed by atoms with Gasteiger partial charge in [-0.1, -0.05) is 75.2 Å². The molecule has 1 aliphatic carbocycles. The van der Waals surface area contributed by atoms with E-state index in [-0.39, 0.29) is 30.2 Å². The number of morpholine rings is 1. The number of hydrogen-bond donors (Lipinski definition) is 4. The first-order valence-electron chi connectivity index (χ1n) is 17.3. The first-order valence-corrected chi connectivity index (χ1v) is 17.7. The topological polar surface area (TPSA) is 145 Å². The number of nitrogens with zero attached hydrogens (tertiary/aromatic N) is 1. The summed E-state index contributed by atoms with van der Waals surface area (Å²) in [6.07, 6.45) is 7.63. The number of halogens is 1. The number of benzene rings is 2. The first kappa shape index (κ1) is 38.6. The van der Waals surface area contributed by atoms with Crippen LogP contribution in [0.15, 0.2) is 54.1 Å². The number of carbonyl (C=O) groups is 3. The van der Waals surface area contributed by atoms with Crippen molar-refractivity contribution >= 4 is 35.0 Å². The molecule has 0 spiro atoms. The fraction of sp³-hybridized carbons (Fsp3) is 0.436. The number of amides is 3. The van der Waals surface area contributed by atoms with Crippen LogP contribution < -0.4 is 26.4 Å². The zero-order valence-corrected chi connectivity index (χ0v) is 30.8. The Morgan fingerprint density at radius 1 is 1.14 bits per heavy atom. The molecule has 3 amide bonds. The molecule has 2 aromatic carbocycles. The van der Waals surface area contributed by atoms with Crippen molar-refractivity contribution in [2.24, 2.45) is 11.7 Å². The van der Waals surface area contributed by atoms with Crippen LogP contribution in [0.3, 0.4) is 0 Å². The summed E-state index contributed by atoms with van der Waals surface area (Å²) in [4.78, 5) is 40.7. The maximum absolute atomic E-state index is 12.8. The number of aryl methyl sites for hydroxylation is 1. The Morgan fingerprint density at radius 2 is 1.86 bits per heavy atom. The van der Waals surface area contributed by atoms with Gasteiger partial charge < -0.3 is 31.2 Å². The maximum atomic E-state index is 12.8. The number of ether oxygens (including phenoxy) is 2. The van der Waals surface area contributed by atoms with Crippen LogP contribution in [0.1, 0.15) is 63.1 Å². The molecule has 1 saturated heterocycles. The lowest BCUT2D eigenvalue weighted by Gasteiger charge is -2.38. The van der Waals surface area contributed by atoms with Gasteiger partial charge in [0.15, 0.2) is 0 Å². The van der Waals surface area contributed by atoms with E-state index < -0.39 is 11.8 Å². The summed E-state index contributed by atoms with van der Waals surface area (Å²) in [5, 5.41) is 8.75. The average molecular weight is 704 g/mol. The van der Waals surface area contributed by atoms with Gasteiger partial charge in [0.2, 0.25) is 11.8 Å². The average Bonchev–Trinajstić information content (AvgIpc) is 3.61. The lowest BCUT2D eigenvalue weighted by Crippen LogP contribution is -2.52. The number of fused-ring (bicyclic) bond motifs is 1. The number of carbonyl (C=O) groups excluding carboxylic acids is 3. The van der Waals surface area contributed by atoms with Crippen LogP contribution in [0, 0.1) is 12.8 Å². The van der Waals surface area contributed by atoms with Gasteiger partial charge in [0, 0.05) is 42.5 Å². The normalized spacial score (nSPS) is 17.5. The monoisotopic (exact) mass is 703 g/mol. The lowest BCUT2D eigenvalue weighted by molar-refractivity contribution is -0.146. The third-order valence-corrected chi connectivity index (χ3v) is 10.0. The van der Waals surface area contributed by atoms with Gasteiger partial charge in [0.05, 0.1) is 23.4 Å². The van der Waals surface area contributed by atoms with Gasteiger partial charge >= 0.3 is 0 Å². The SMILES string of the molecule is CCC(C)CC1(CC)CNC(=O)CO1.CNC(=O)/C(=C\CN)C(=O)Nc1cccc(-c2cccc(-c3cc4c(c(OC)n3)CCC4)c2Cl)c1C. The largest absolute Gasteiger partial charge is 0.481 e. The third-order valence-electron chi connectivity index (χ3n) is 9.61. The minimum absolute atomic E-state index is 0.0122. The van der Waals surface area contributed by atoms with E-state index >= 15 is 0 Å². The fourth-order valence-corrected chi connectivity index (χ4v) is 6.77. The first-order chi connectivity index (χ1) is 24.0. The van der Waals surface area contributed by atoms with Crippen LogP contribution in [0.25, 0.3) is 22.4 Å². The van der Waals surface area contributed by atoms with Gasteiger partial charge in [-0.05, 0) is 73.8 Å². The van der Waals surface area contributed by atoms with Crippen LogP contribution in [0.5, 0.6) is 5.88 Å². The highest BCUT2D eigenvalue weighted by Crippen LogP contribution is 2.41. The summed E-state index contributed by atoms with van der Waals surface area (Å²) in [6.45, 7) is 9.42. The van der Waals surface area contributed by atoms with E-state index in [0.29, 0.717) is 29.1 Å². The van der Waals surface area contributed by atoms with Gasteiger partial charge in [0.25, 0.3) is 11.8 Å². The molecule has 268 valence electrons. The van der Waals surface area contributed by atoms with Crippen molar-refractivity contribution < 1.29 is 23.9 Å². The molecule has 1 fully saturated rings. The second-order valence-electron chi connectivity index (χ2n) is 12.9. The Bertz CT molecular complexity index is 1730. The van der Waals surface area contributed by atoms with Crippen molar-refractivity contribution in [1.29, 1.82) is 0 Å². The fourth-order valence-electron chi connectivity index (χ4n) is 6.45. The van der Waals surface area contributed by atoms with E-state index in [9.17, 15) is 14.4 Å². The predicted molar refractivity (Wildman–Crippen MR) is 199 cm³/mol. The number of aromatic nitrogens is 1. The van der Waals surface area contributed by atoms with Gasteiger partial charge in [0.1, 0.15) is 12.2 Å². The highest BCUT2D eigenvalue weighted by Gasteiger charge is 2.35. The minimum Gasteiger partial charge on any atom is -0.481 e. The van der Waals surface area contributed by atoms with Crippen molar-refractivity contribution in [3.8, 4) is 28.3 Å². The molecule has 10 nitrogen and oxygen atoms in total. The molecule has 11 heteroatoms. The van der Waals surface area contributed by atoms with Gasteiger partial charge in [-0.15, -0.1) is 0 Å². The number of hydrogen-bond acceptors (Lipinski definition) is 7. The van der Waals surface area contributed by atoms with Crippen molar-refractivity contribution in [2.45, 2.75) is 71.8 Å². The molecule has 5 N–H and O–H groups in total. The Labute approximate surface area is 300 Å². The highest BCUT2D eigenvalue weighted by atomic mass is 35.5. The smallest absolute Gasteiger partial charge is 0.260 e. The molecular formula is C39H50ClN5O5. The van der Waals surface area contributed by atoms with E-state index in [0.717, 1.165) is 60.1 Å². The quantitative estimate of drug-likeness (QED) is 0.106. The zero-order valence-electron chi connectivity index (χ0n) is 30.0. The third kappa shape index (κ3) is 8.91. The number of anilines is 1. The Kier molecular flexibility index (Phi) is 13.6. The molecule has 50 heavy (non-hydrogen) atoms. The Morgan fingerprint density at radius 3 is 2.50 bits per heavy atom. The summed E-state index contributed by atoms with van der Waals surface area (Å²) in [7, 11) is 3.11. The summed E-state index contributed by atoms with van der Waals surface area (Å²) < 4.78 is 11.3. The summed E-state index contributed by atoms with van der Waals surface area (Å²) in [6, 6.07) is 13.5. The van der Waals surface area contributed by atoms with Crippen LogP contribution >= 0.6 is 11.6 Å². The standard InChI is InChI=1S/C28H29ClN4O3.C11H21NO2/c1-16-18(8-6-12-23(16)32-27(35)22(13-14-30)26(34)31-2)20-10-5-11-21(25(20)29)24-15-17-7-4-9-19(17)28(33-24)36-3;1-4-9(3)6-11(5-2)8-12-10(13)7-14-11/h5-6,8,10-13,15H,4,7,9,14,30H2,1-3H3,(H,31,34)(H,32,35);9H,4-8H2,1-3H3,(H,12,13)/b22-13+;. The second kappa shape index (κ2) is 17.6. The van der Waals surface area contributed by atoms with Crippen molar-refractivity contribution in [3.63, 3.8) is 0 Å². The van der Waals surface area contributed by atoms with Gasteiger partial charge in [-0.3, -0.25) is 14.4 Å². The van der Waals surface area contributed by atoms with Gasteiger partial charge in [-0.25, -0.2) is 4.98 Å². The second-order valence-corrected chi connectivity index (χ2v) is 13.2. The Balaban J connectivity index is 0.000000337. The van der Waals surface area contributed by atoms with Crippen molar-refractivity contribution in [1.82, 2.24) is 15.6 Å². The summed E-state index contributed by atoms with van der Waals surface area (Å²) in [5.41, 5.74) is 12.5. The molecule has 2 heterocycles. The van der Waals surface area contributed by atoms with Crippen LogP contribution in [0.4, 0.5) is 5.69 Å². The number of rotatable bonds is 11. The van der Waals surface area contributed by atoms with Crippen molar-refractivity contribution in [2.75, 3.05) is 39.2 Å². The van der Waals surface area contributed by atoms with E-state index in [2.05, 4.69) is 42.8 Å². The lowest BCUT2D eigenvalue weighted by atomic mass is 9.87.